The summed E-state index contributed by atoms with van der Waals surface area (Å²) in [6, 6.07) is 0.273. The van der Waals surface area contributed by atoms with Gasteiger partial charge in [0, 0.05) is 30.6 Å². The molecule has 0 N–H and O–H groups in total. The van der Waals surface area contributed by atoms with Crippen molar-refractivity contribution in [2.24, 2.45) is 11.0 Å². The second-order valence-electron chi connectivity index (χ2n) is 4.46. The molecule has 0 radical (unpaired) electrons. The van der Waals surface area contributed by atoms with E-state index in [4.69, 9.17) is 10.3 Å². The number of hydrogen-bond donors (Lipinski definition) is 0. The Bertz CT molecular complexity index is 302. The molecule has 17 heavy (non-hydrogen) atoms. The van der Waals surface area contributed by atoms with Gasteiger partial charge in [-0.15, -0.1) is 0 Å². The van der Waals surface area contributed by atoms with Crippen LogP contribution in [0.3, 0.4) is 0 Å². The summed E-state index contributed by atoms with van der Waals surface area (Å²) in [6.45, 7) is 6.55. The van der Waals surface area contributed by atoms with E-state index in [1.807, 2.05) is 0 Å². The highest BCUT2D eigenvalue weighted by Gasteiger charge is 2.28. The van der Waals surface area contributed by atoms with Crippen LogP contribution in [0.25, 0.3) is 10.4 Å². The van der Waals surface area contributed by atoms with Crippen LogP contribution >= 0.6 is 0 Å². The van der Waals surface area contributed by atoms with E-state index in [1.165, 1.54) is 0 Å². The Labute approximate surface area is 102 Å². The summed E-state index contributed by atoms with van der Waals surface area (Å²) in [7, 11) is 0. The molecule has 0 amide bonds. The van der Waals surface area contributed by atoms with E-state index in [2.05, 4.69) is 21.8 Å². The second kappa shape index (κ2) is 7.14. The molecule has 0 spiro atoms. The van der Waals surface area contributed by atoms with E-state index < -0.39 is 0 Å². The zero-order valence-corrected chi connectivity index (χ0v) is 10.5. The molecule has 1 heterocycles. The number of esters is 1. The highest BCUT2D eigenvalue weighted by molar-refractivity contribution is 5.69. The molecule has 0 aromatic rings. The highest BCUT2D eigenvalue weighted by atomic mass is 16.5. The number of carbonyl (C=O) groups is 1. The van der Waals surface area contributed by atoms with Crippen LogP contribution in [0, 0.1) is 5.92 Å². The van der Waals surface area contributed by atoms with E-state index in [0.717, 1.165) is 13.0 Å². The van der Waals surface area contributed by atoms with Gasteiger partial charge in [0.05, 0.1) is 13.0 Å². The summed E-state index contributed by atoms with van der Waals surface area (Å²) in [5.41, 5.74) is 8.33. The first-order valence-electron chi connectivity index (χ1n) is 6.07. The maximum absolute atomic E-state index is 11.3. The predicted molar refractivity (Wildman–Crippen MR) is 64.4 cm³/mol. The number of rotatable bonds is 6. The van der Waals surface area contributed by atoms with E-state index in [1.54, 1.807) is 6.92 Å². The third-order valence-electron chi connectivity index (χ3n) is 3.00. The first-order chi connectivity index (χ1) is 8.17. The zero-order chi connectivity index (χ0) is 12.7. The minimum Gasteiger partial charge on any atom is -0.466 e. The van der Waals surface area contributed by atoms with E-state index >= 15 is 0 Å². The fraction of sp³-hybridized carbons (Fsp3) is 0.909. The predicted octanol–water partition coefficient (Wildman–Crippen LogP) is 1.96. The molecule has 2 atom stereocenters. The number of likely N-dealkylation sites (tertiary alicyclic amines) is 1. The lowest BCUT2D eigenvalue weighted by Crippen LogP contribution is -2.33. The number of ether oxygens (including phenoxy) is 1. The van der Waals surface area contributed by atoms with Gasteiger partial charge < -0.3 is 4.74 Å². The molecule has 0 aromatic heterocycles. The number of nitrogens with zero attached hydrogens (tertiary/aromatic N) is 4. The summed E-state index contributed by atoms with van der Waals surface area (Å²) in [5, 5.41) is 3.62. The van der Waals surface area contributed by atoms with Gasteiger partial charge in [-0.3, -0.25) is 9.69 Å². The molecule has 1 aliphatic heterocycles. The van der Waals surface area contributed by atoms with Crippen LogP contribution in [-0.2, 0) is 9.53 Å². The summed E-state index contributed by atoms with van der Waals surface area (Å²) >= 11 is 0. The number of carbonyl (C=O) groups excluding carboxylic acids is 1. The lowest BCUT2D eigenvalue weighted by Gasteiger charge is -2.22. The molecule has 1 saturated heterocycles. The Morgan fingerprint density at radius 3 is 3.06 bits per heavy atom. The molecule has 1 aliphatic rings. The highest BCUT2D eigenvalue weighted by Crippen LogP contribution is 2.23. The third kappa shape index (κ3) is 4.63. The second-order valence-corrected chi connectivity index (χ2v) is 4.46. The van der Waals surface area contributed by atoms with Gasteiger partial charge in [0.15, 0.2) is 0 Å². The van der Waals surface area contributed by atoms with Crippen molar-refractivity contribution in [2.75, 3.05) is 26.2 Å². The Morgan fingerprint density at radius 1 is 1.65 bits per heavy atom. The van der Waals surface area contributed by atoms with Crippen molar-refractivity contribution in [3.63, 3.8) is 0 Å². The maximum Gasteiger partial charge on any atom is 0.307 e. The van der Waals surface area contributed by atoms with E-state index in [9.17, 15) is 4.79 Å². The standard InChI is InChI=1S/C11H20N4O2/c1-3-17-11(16)4-5-15-8-9(2)6-10(15)7-13-14-12/h9-10H,3-8H2,1-2H3. The molecule has 6 nitrogen and oxygen atoms in total. The molecule has 0 bridgehead atoms. The molecule has 6 heteroatoms. The van der Waals surface area contributed by atoms with Crippen LogP contribution in [0.2, 0.25) is 0 Å². The number of azide groups is 1. The molecule has 0 aromatic carbocycles. The summed E-state index contributed by atoms with van der Waals surface area (Å²) in [6.07, 6.45) is 1.44. The molecule has 0 saturated carbocycles. The zero-order valence-electron chi connectivity index (χ0n) is 10.5. The van der Waals surface area contributed by atoms with Gasteiger partial charge in [0.25, 0.3) is 0 Å². The van der Waals surface area contributed by atoms with E-state index in [0.29, 0.717) is 32.0 Å². The van der Waals surface area contributed by atoms with Crippen molar-refractivity contribution in [1.29, 1.82) is 0 Å². The SMILES string of the molecule is CCOC(=O)CCN1CC(C)CC1CN=[N+]=[N-]. The smallest absolute Gasteiger partial charge is 0.307 e. The fourth-order valence-electron chi connectivity index (χ4n) is 2.30. The summed E-state index contributed by atoms with van der Waals surface area (Å²) in [5.74, 6) is 0.436. The Balaban J connectivity index is 2.38. The Morgan fingerprint density at radius 2 is 2.41 bits per heavy atom. The molecule has 96 valence electrons. The minimum atomic E-state index is -0.158. The van der Waals surface area contributed by atoms with Crippen molar-refractivity contribution in [3.05, 3.63) is 10.4 Å². The Hall–Kier alpha value is -1.26. The van der Waals surface area contributed by atoms with Crippen molar-refractivity contribution in [2.45, 2.75) is 32.7 Å². The largest absolute Gasteiger partial charge is 0.466 e. The topological polar surface area (TPSA) is 78.3 Å². The molecule has 1 fully saturated rings. The van der Waals surface area contributed by atoms with Crippen molar-refractivity contribution < 1.29 is 9.53 Å². The molecule has 2 unspecified atom stereocenters. The van der Waals surface area contributed by atoms with Crippen LogP contribution in [-0.4, -0.2) is 43.2 Å². The molecule has 0 aliphatic carbocycles. The maximum atomic E-state index is 11.3. The summed E-state index contributed by atoms with van der Waals surface area (Å²) < 4.78 is 4.90. The van der Waals surface area contributed by atoms with Crippen LogP contribution in [0.5, 0.6) is 0 Å². The first kappa shape index (κ1) is 13.8. The van der Waals surface area contributed by atoms with Crippen LogP contribution in [0.4, 0.5) is 0 Å². The van der Waals surface area contributed by atoms with Gasteiger partial charge in [-0.05, 0) is 24.8 Å². The normalized spacial score (nSPS) is 24.4. The van der Waals surface area contributed by atoms with Gasteiger partial charge in [0.2, 0.25) is 0 Å². The van der Waals surface area contributed by atoms with Crippen molar-refractivity contribution in [1.82, 2.24) is 4.90 Å². The average molecular weight is 240 g/mol. The minimum absolute atomic E-state index is 0.158. The summed E-state index contributed by atoms with van der Waals surface area (Å²) in [4.78, 5) is 16.3. The van der Waals surface area contributed by atoms with Gasteiger partial charge in [-0.1, -0.05) is 12.0 Å². The van der Waals surface area contributed by atoms with E-state index in [-0.39, 0.29) is 12.0 Å². The van der Waals surface area contributed by atoms with Gasteiger partial charge in [-0.2, -0.15) is 0 Å². The quantitative estimate of drug-likeness (QED) is 0.308. The lowest BCUT2D eigenvalue weighted by molar-refractivity contribution is -0.143. The third-order valence-corrected chi connectivity index (χ3v) is 3.00. The average Bonchev–Trinajstić information content (AvgIpc) is 2.65. The van der Waals surface area contributed by atoms with Crippen molar-refractivity contribution in [3.8, 4) is 0 Å². The van der Waals surface area contributed by atoms with Gasteiger partial charge in [0.1, 0.15) is 0 Å². The van der Waals surface area contributed by atoms with Gasteiger partial charge in [-0.25, -0.2) is 0 Å². The van der Waals surface area contributed by atoms with Crippen LogP contribution in [0.1, 0.15) is 26.7 Å². The fourth-order valence-corrected chi connectivity index (χ4v) is 2.30. The van der Waals surface area contributed by atoms with Crippen molar-refractivity contribution >= 4 is 5.97 Å². The van der Waals surface area contributed by atoms with Crippen LogP contribution in [0.15, 0.2) is 5.11 Å². The van der Waals surface area contributed by atoms with Crippen LogP contribution < -0.4 is 0 Å². The lowest BCUT2D eigenvalue weighted by atomic mass is 10.1. The molecular weight excluding hydrogens is 220 g/mol. The van der Waals surface area contributed by atoms with Gasteiger partial charge >= 0.3 is 5.97 Å². The first-order valence-corrected chi connectivity index (χ1v) is 6.07. The number of hydrogen-bond acceptors (Lipinski definition) is 4. The molecule has 1 rings (SSSR count). The molecular formula is C11H20N4O2. The monoisotopic (exact) mass is 240 g/mol. The Kier molecular flexibility index (Phi) is 5.80.